The Morgan fingerprint density at radius 1 is 1.04 bits per heavy atom. The highest BCUT2D eigenvalue weighted by molar-refractivity contribution is 5.98. The number of hydrogen-bond donors (Lipinski definition) is 6. The molecule has 0 spiro atoms. The van der Waals surface area contributed by atoms with Gasteiger partial charge in [0.1, 0.15) is 11.9 Å². The number of carbonyl (C=O) groups excluding carboxylic acids is 2. The number of allylic oxidation sites excluding steroid dienone is 1. The lowest BCUT2D eigenvalue weighted by molar-refractivity contribution is -0.195. The number of fused-ring (bicyclic) bond motifs is 5. The Balaban J connectivity index is 1.25. The fourth-order valence-corrected chi connectivity index (χ4v) is 12.8. The number of anilines is 1. The molecule has 5 fully saturated rings. The van der Waals surface area contributed by atoms with E-state index in [0.717, 1.165) is 31.2 Å². The summed E-state index contributed by atoms with van der Waals surface area (Å²) in [6, 6.07) is 5.36. The summed E-state index contributed by atoms with van der Waals surface area (Å²) in [5, 5.41) is 69.7. The molecule has 306 valence electrons. The number of hydrogen-bond acceptors (Lipinski definition) is 9. The van der Waals surface area contributed by atoms with E-state index in [1.54, 1.807) is 23.1 Å². The molecule has 0 aromatic heterocycles. The number of phenolic OH excluding ortho intramolecular Hbond substituents is 1. The van der Waals surface area contributed by atoms with Crippen molar-refractivity contribution in [1.82, 2.24) is 0 Å². The molecular weight excluding hydrogens is 698 g/mol. The van der Waals surface area contributed by atoms with Gasteiger partial charge >= 0.3 is 0 Å². The number of aliphatic hydroxyl groups is 5. The molecule has 6 aliphatic rings. The number of carbonyl (C=O) groups is 2. The molecule has 6 N–H and O–H groups in total. The van der Waals surface area contributed by atoms with Crippen molar-refractivity contribution in [2.75, 3.05) is 18.1 Å². The fourth-order valence-electron chi connectivity index (χ4n) is 12.8. The number of amides is 1. The molecule has 0 bridgehead atoms. The summed E-state index contributed by atoms with van der Waals surface area (Å²) in [7, 11) is 0. The maximum absolute atomic E-state index is 14.3. The number of aryl methyl sites for hydroxylation is 1. The summed E-state index contributed by atoms with van der Waals surface area (Å²) in [4.78, 5) is 29.4. The van der Waals surface area contributed by atoms with Crippen molar-refractivity contribution in [1.29, 1.82) is 0 Å². The highest BCUT2D eigenvalue weighted by Crippen LogP contribution is 2.72. The van der Waals surface area contributed by atoms with Gasteiger partial charge in [0.05, 0.1) is 41.5 Å². The molecule has 2 heterocycles. The minimum Gasteiger partial charge on any atom is -0.508 e. The first-order valence-electron chi connectivity index (χ1n) is 21.4. The fraction of sp³-hybridized carbons (Fsp3) is 0.778. The molecule has 2 saturated heterocycles. The van der Waals surface area contributed by atoms with Gasteiger partial charge in [-0.2, -0.15) is 0 Å². The van der Waals surface area contributed by atoms with Gasteiger partial charge in [-0.1, -0.05) is 53.9 Å². The van der Waals surface area contributed by atoms with Crippen LogP contribution in [0.4, 0.5) is 5.69 Å². The van der Waals surface area contributed by atoms with Gasteiger partial charge in [-0.15, -0.1) is 0 Å². The molecular formula is C45H67NO9. The monoisotopic (exact) mass is 765 g/mol. The van der Waals surface area contributed by atoms with E-state index in [2.05, 4.69) is 27.7 Å². The van der Waals surface area contributed by atoms with Crippen LogP contribution in [0.1, 0.15) is 124 Å². The number of ether oxygens (including phenoxy) is 1. The van der Waals surface area contributed by atoms with E-state index in [4.69, 9.17) is 4.74 Å². The molecule has 13 atom stereocenters. The smallest absolute Gasteiger partial charge is 0.227 e. The third-order valence-electron chi connectivity index (χ3n) is 16.5. The Kier molecular flexibility index (Phi) is 10.8. The standard InChI is InChI=1S/C45H67NO9/c1-7-8-9-10-29-19-38(52)46(24-29)30-17-28(18-31(48)20-30)11-14-43-15-12-32-33(21-37(51)44(25-47)23-35(50)34(49)22-41(32,44)5)45(43,54)16-13-36(43)42(6,53)40-39(55-40)27(4)26(2)3/h17-18,20-21,26-27,29,32,34-36,39-40,47-50,53-54H,7-16,19,22-25H2,1-6H3/t27-,29+,32+,34+,35-,36-,39+,40-,41-,42-,43-,44-,45-/m1/s1. The highest BCUT2D eigenvalue weighted by atomic mass is 16.6. The Labute approximate surface area is 327 Å². The Bertz CT molecular complexity index is 1670. The number of rotatable bonds is 13. The number of benzene rings is 1. The quantitative estimate of drug-likeness (QED) is 0.110. The van der Waals surface area contributed by atoms with Gasteiger partial charge in [0.2, 0.25) is 5.91 Å². The van der Waals surface area contributed by atoms with Gasteiger partial charge in [0.15, 0.2) is 5.78 Å². The topological polar surface area (TPSA) is 171 Å². The summed E-state index contributed by atoms with van der Waals surface area (Å²) in [5.41, 5.74) is -3.69. The predicted molar refractivity (Wildman–Crippen MR) is 209 cm³/mol. The first kappa shape index (κ1) is 40.8. The van der Waals surface area contributed by atoms with Crippen molar-refractivity contribution in [3.63, 3.8) is 0 Å². The van der Waals surface area contributed by atoms with Crippen molar-refractivity contribution in [2.24, 2.45) is 45.8 Å². The van der Waals surface area contributed by atoms with Gasteiger partial charge in [-0.3, -0.25) is 9.59 Å². The first-order chi connectivity index (χ1) is 25.9. The number of nitrogens with zero attached hydrogens (tertiary/aromatic N) is 1. The van der Waals surface area contributed by atoms with Crippen LogP contribution in [0.25, 0.3) is 0 Å². The maximum Gasteiger partial charge on any atom is 0.227 e. The van der Waals surface area contributed by atoms with Crippen LogP contribution in [0.2, 0.25) is 0 Å². The number of ketones is 1. The van der Waals surface area contributed by atoms with Crippen LogP contribution >= 0.6 is 0 Å². The molecule has 1 aromatic carbocycles. The number of unbranched alkanes of at least 4 members (excludes halogenated alkanes) is 2. The van der Waals surface area contributed by atoms with E-state index in [-0.39, 0.29) is 60.1 Å². The van der Waals surface area contributed by atoms with Crippen LogP contribution in [0.3, 0.4) is 0 Å². The molecule has 10 nitrogen and oxygen atoms in total. The summed E-state index contributed by atoms with van der Waals surface area (Å²) in [5.74, 6) is -0.0241. The summed E-state index contributed by atoms with van der Waals surface area (Å²) in [6.07, 6.45) is 6.67. The molecule has 55 heavy (non-hydrogen) atoms. The zero-order valence-electron chi connectivity index (χ0n) is 34.0. The van der Waals surface area contributed by atoms with Gasteiger partial charge in [-0.25, -0.2) is 0 Å². The second-order valence-corrected chi connectivity index (χ2v) is 19.6. The average Bonchev–Trinajstić information content (AvgIpc) is 3.76. The lowest BCUT2D eigenvalue weighted by Gasteiger charge is -2.64. The van der Waals surface area contributed by atoms with Crippen molar-refractivity contribution in [2.45, 2.75) is 161 Å². The van der Waals surface area contributed by atoms with Gasteiger partial charge in [0, 0.05) is 30.1 Å². The van der Waals surface area contributed by atoms with E-state index in [0.29, 0.717) is 68.7 Å². The summed E-state index contributed by atoms with van der Waals surface area (Å²) >= 11 is 0. The summed E-state index contributed by atoms with van der Waals surface area (Å²) in [6.45, 7) is 12.6. The minimum absolute atomic E-state index is 0.0472. The van der Waals surface area contributed by atoms with Crippen LogP contribution in [-0.2, 0) is 20.7 Å². The van der Waals surface area contributed by atoms with E-state index < -0.39 is 52.4 Å². The number of aromatic hydroxyl groups is 1. The number of epoxide rings is 1. The van der Waals surface area contributed by atoms with Crippen molar-refractivity contribution in [3.05, 3.63) is 35.4 Å². The van der Waals surface area contributed by atoms with Gasteiger partial charge in [0.25, 0.3) is 0 Å². The van der Waals surface area contributed by atoms with Crippen molar-refractivity contribution in [3.8, 4) is 5.75 Å². The molecule has 2 aliphatic heterocycles. The normalized spacial score (nSPS) is 41.4. The average molecular weight is 766 g/mol. The van der Waals surface area contributed by atoms with Crippen LogP contribution in [0.15, 0.2) is 29.8 Å². The second-order valence-electron chi connectivity index (χ2n) is 19.6. The van der Waals surface area contributed by atoms with E-state index in [1.165, 1.54) is 0 Å². The van der Waals surface area contributed by atoms with Crippen LogP contribution in [-0.4, -0.2) is 91.1 Å². The molecule has 7 rings (SSSR count). The third-order valence-corrected chi connectivity index (χ3v) is 16.5. The van der Waals surface area contributed by atoms with Gasteiger partial charge < -0.3 is 40.3 Å². The molecule has 3 saturated carbocycles. The lowest BCUT2D eigenvalue weighted by atomic mass is 9.40. The third kappa shape index (κ3) is 6.35. The molecule has 4 aliphatic carbocycles. The van der Waals surface area contributed by atoms with Crippen LogP contribution in [0, 0.1) is 45.8 Å². The van der Waals surface area contributed by atoms with Crippen molar-refractivity contribution < 1.29 is 45.0 Å². The Morgan fingerprint density at radius 2 is 1.76 bits per heavy atom. The first-order valence-corrected chi connectivity index (χ1v) is 21.4. The van der Waals surface area contributed by atoms with E-state index in [9.17, 15) is 40.2 Å². The predicted octanol–water partition coefficient (Wildman–Crippen LogP) is 5.62. The Morgan fingerprint density at radius 3 is 2.45 bits per heavy atom. The molecule has 10 heteroatoms. The highest BCUT2D eigenvalue weighted by Gasteiger charge is 2.74. The SMILES string of the molecule is CCCCC[C@H]1CC(=O)N(c2cc(O)cc(CC[C@]34CC[C@H]5C(=CC(=O)[C@]6(CO)C[C@@H](O)[C@@H](O)C[C@]56C)[C@]3(O)CC[C@@H]4[C@@](C)(O)[C@@H]3O[C@H]3[C@H](C)C(C)C)c2)C1. The van der Waals surface area contributed by atoms with Crippen molar-refractivity contribution >= 4 is 17.4 Å². The Hall–Kier alpha value is -2.34. The largest absolute Gasteiger partial charge is 0.508 e. The van der Waals surface area contributed by atoms with Crippen LogP contribution < -0.4 is 4.90 Å². The van der Waals surface area contributed by atoms with Gasteiger partial charge in [-0.05, 0) is 129 Å². The van der Waals surface area contributed by atoms with Crippen LogP contribution in [0.5, 0.6) is 5.75 Å². The second kappa shape index (κ2) is 14.5. The summed E-state index contributed by atoms with van der Waals surface area (Å²) < 4.78 is 6.29. The molecule has 1 aromatic rings. The zero-order valence-corrected chi connectivity index (χ0v) is 34.0. The number of aliphatic hydroxyl groups excluding tert-OH is 3. The van der Waals surface area contributed by atoms with E-state index >= 15 is 0 Å². The molecule has 1 amide bonds. The lowest BCUT2D eigenvalue weighted by Crippen LogP contribution is -2.67. The minimum atomic E-state index is -1.48. The maximum atomic E-state index is 14.3. The van der Waals surface area contributed by atoms with E-state index in [1.807, 2.05) is 19.9 Å². The molecule has 0 unspecified atom stereocenters. The molecule has 0 radical (unpaired) electrons. The number of phenols is 1. The zero-order chi connectivity index (χ0) is 39.9.